The van der Waals surface area contributed by atoms with Crippen LogP contribution in [0.3, 0.4) is 0 Å². The van der Waals surface area contributed by atoms with E-state index in [4.69, 9.17) is 5.73 Å². The van der Waals surface area contributed by atoms with Crippen molar-refractivity contribution in [2.24, 2.45) is 5.73 Å². The lowest BCUT2D eigenvalue weighted by Crippen LogP contribution is -2.26. The molecular weight excluding hydrogens is 442 g/mol. The van der Waals surface area contributed by atoms with Crippen molar-refractivity contribution in [3.05, 3.63) is 64.6 Å². The van der Waals surface area contributed by atoms with Gasteiger partial charge in [0.1, 0.15) is 5.82 Å². The number of benzene rings is 2. The van der Waals surface area contributed by atoms with Crippen molar-refractivity contribution in [2.45, 2.75) is 19.1 Å². The number of nitrogens with zero attached hydrogens (tertiary/aromatic N) is 4. The number of hydrogen-bond donors (Lipinski definition) is 3. The molecule has 4 N–H and O–H groups in total. The molecule has 1 aliphatic heterocycles. The molecule has 0 atom stereocenters. The highest BCUT2D eigenvalue weighted by molar-refractivity contribution is 5.96. The first-order valence-electron chi connectivity index (χ1n) is 9.86. The molecule has 0 saturated carbocycles. The van der Waals surface area contributed by atoms with Crippen LogP contribution in [0.2, 0.25) is 0 Å². The fraction of sp³-hybridized carbons (Fsp3) is 0.238. The zero-order valence-corrected chi connectivity index (χ0v) is 17.4. The SMILES string of the molecule is CN1CCc2cc(F)c(Nc3nnc(C(N)=O)c(Nc4cccc(C(F)(F)F)c4)n3)cc2C1. The number of halogens is 4. The van der Waals surface area contributed by atoms with E-state index in [0.29, 0.717) is 6.54 Å². The van der Waals surface area contributed by atoms with Crippen LogP contribution in [0.15, 0.2) is 36.4 Å². The zero-order chi connectivity index (χ0) is 23.8. The molecule has 2 heterocycles. The van der Waals surface area contributed by atoms with Gasteiger partial charge in [-0.1, -0.05) is 6.07 Å². The van der Waals surface area contributed by atoms with Gasteiger partial charge in [0.25, 0.3) is 5.91 Å². The Morgan fingerprint density at radius 3 is 2.64 bits per heavy atom. The standard InChI is InChI=1S/C21H19F4N7O/c1-32-6-5-11-7-15(22)16(8-12(11)10-32)28-20-29-19(17(18(26)33)30-31-20)27-14-4-2-3-13(9-14)21(23,24)25/h2-4,7-9H,5-6,10H2,1H3,(H2,26,33)(H2,27,28,29,31). The molecule has 0 radical (unpaired) electrons. The molecule has 8 nitrogen and oxygen atoms in total. The van der Waals surface area contributed by atoms with Crippen LogP contribution in [0.4, 0.5) is 40.7 Å². The summed E-state index contributed by atoms with van der Waals surface area (Å²) in [6, 6.07) is 7.39. The summed E-state index contributed by atoms with van der Waals surface area (Å²) in [6.07, 6.45) is -3.83. The number of carbonyl (C=O) groups excluding carboxylic acids is 1. The summed E-state index contributed by atoms with van der Waals surface area (Å²) in [7, 11) is 1.96. The van der Waals surface area contributed by atoms with Crippen molar-refractivity contribution in [3.8, 4) is 0 Å². The Morgan fingerprint density at radius 1 is 1.12 bits per heavy atom. The summed E-state index contributed by atoms with van der Waals surface area (Å²) >= 11 is 0. The van der Waals surface area contributed by atoms with Gasteiger partial charge in [-0.15, -0.1) is 10.2 Å². The number of rotatable bonds is 5. The van der Waals surface area contributed by atoms with E-state index in [1.165, 1.54) is 18.2 Å². The fourth-order valence-corrected chi connectivity index (χ4v) is 3.48. The predicted octanol–water partition coefficient (Wildman–Crippen LogP) is 3.60. The fourth-order valence-electron chi connectivity index (χ4n) is 3.48. The largest absolute Gasteiger partial charge is 0.416 e. The molecule has 0 fully saturated rings. The summed E-state index contributed by atoms with van der Waals surface area (Å²) in [6.45, 7) is 1.47. The van der Waals surface area contributed by atoms with Crippen molar-refractivity contribution < 1.29 is 22.4 Å². The Morgan fingerprint density at radius 2 is 1.91 bits per heavy atom. The van der Waals surface area contributed by atoms with Gasteiger partial charge < -0.3 is 21.3 Å². The molecule has 3 aromatic rings. The lowest BCUT2D eigenvalue weighted by atomic mass is 9.99. The molecule has 2 aromatic carbocycles. The molecule has 0 aliphatic carbocycles. The van der Waals surface area contributed by atoms with E-state index in [0.717, 1.165) is 36.2 Å². The van der Waals surface area contributed by atoms with Gasteiger partial charge in [0.15, 0.2) is 11.5 Å². The first kappa shape index (κ1) is 22.4. The zero-order valence-electron chi connectivity index (χ0n) is 17.4. The molecule has 0 saturated heterocycles. The number of fused-ring (bicyclic) bond motifs is 1. The van der Waals surface area contributed by atoms with Gasteiger partial charge in [0.2, 0.25) is 5.95 Å². The van der Waals surface area contributed by atoms with Crippen molar-refractivity contribution in [1.29, 1.82) is 0 Å². The topological polar surface area (TPSA) is 109 Å². The van der Waals surface area contributed by atoms with Crippen LogP contribution in [0.5, 0.6) is 0 Å². The number of primary amides is 1. The van der Waals surface area contributed by atoms with E-state index in [1.807, 2.05) is 7.05 Å². The second kappa shape index (κ2) is 8.62. The third-order valence-electron chi connectivity index (χ3n) is 5.11. The van der Waals surface area contributed by atoms with Crippen molar-refractivity contribution in [1.82, 2.24) is 20.1 Å². The van der Waals surface area contributed by atoms with Crippen LogP contribution in [0, 0.1) is 5.82 Å². The first-order valence-corrected chi connectivity index (χ1v) is 9.86. The van der Waals surface area contributed by atoms with E-state index >= 15 is 0 Å². The van der Waals surface area contributed by atoms with Crippen LogP contribution in [0.1, 0.15) is 27.2 Å². The lowest BCUT2D eigenvalue weighted by molar-refractivity contribution is -0.137. The number of aromatic nitrogens is 3. The third-order valence-corrected chi connectivity index (χ3v) is 5.11. The molecule has 0 bridgehead atoms. The highest BCUT2D eigenvalue weighted by Crippen LogP contribution is 2.32. The Balaban J connectivity index is 1.65. The van der Waals surface area contributed by atoms with E-state index < -0.39 is 23.5 Å². The molecule has 0 spiro atoms. The van der Waals surface area contributed by atoms with E-state index in [2.05, 4.69) is 30.7 Å². The van der Waals surface area contributed by atoms with Gasteiger partial charge in [-0.05, 0) is 54.9 Å². The molecule has 4 rings (SSSR count). The summed E-state index contributed by atoms with van der Waals surface area (Å²) in [5, 5.41) is 12.8. The van der Waals surface area contributed by atoms with Gasteiger partial charge in [-0.3, -0.25) is 4.79 Å². The quantitative estimate of drug-likeness (QED) is 0.498. The maximum absolute atomic E-state index is 14.6. The smallest absolute Gasteiger partial charge is 0.364 e. The Bertz CT molecular complexity index is 1220. The van der Waals surface area contributed by atoms with Gasteiger partial charge in [-0.25, -0.2) is 4.39 Å². The normalized spacial score (nSPS) is 14.0. The molecule has 1 amide bonds. The molecule has 0 unspecified atom stereocenters. The van der Waals surface area contributed by atoms with Crippen LogP contribution in [-0.4, -0.2) is 39.6 Å². The molecule has 172 valence electrons. The van der Waals surface area contributed by atoms with Gasteiger partial charge in [0.05, 0.1) is 11.3 Å². The Hall–Kier alpha value is -3.80. The van der Waals surface area contributed by atoms with Crippen molar-refractivity contribution >= 4 is 29.0 Å². The number of nitrogens with one attached hydrogen (secondary N) is 2. The number of amides is 1. The minimum absolute atomic E-state index is 0.00164. The monoisotopic (exact) mass is 461 g/mol. The average molecular weight is 461 g/mol. The summed E-state index contributed by atoms with van der Waals surface area (Å²) < 4.78 is 53.7. The maximum atomic E-state index is 14.6. The number of hydrogen-bond acceptors (Lipinski definition) is 7. The number of alkyl halides is 3. The first-order chi connectivity index (χ1) is 15.6. The Labute approximate surface area is 185 Å². The minimum atomic E-state index is -4.56. The van der Waals surface area contributed by atoms with Crippen LogP contribution in [0.25, 0.3) is 0 Å². The van der Waals surface area contributed by atoms with Crippen LogP contribution in [-0.2, 0) is 19.1 Å². The van der Waals surface area contributed by atoms with Crippen LogP contribution < -0.4 is 16.4 Å². The Kier molecular flexibility index (Phi) is 5.85. The van der Waals surface area contributed by atoms with Gasteiger partial charge >= 0.3 is 6.18 Å². The minimum Gasteiger partial charge on any atom is -0.364 e. The predicted molar refractivity (Wildman–Crippen MR) is 113 cm³/mol. The van der Waals surface area contributed by atoms with E-state index in [9.17, 15) is 22.4 Å². The molecule has 33 heavy (non-hydrogen) atoms. The van der Waals surface area contributed by atoms with Gasteiger partial charge in [0, 0.05) is 18.8 Å². The number of likely N-dealkylation sites (N-methyl/N-ethyl adjacent to an activating group) is 1. The second-order valence-electron chi connectivity index (χ2n) is 7.61. The van der Waals surface area contributed by atoms with Crippen molar-refractivity contribution in [2.75, 3.05) is 24.2 Å². The summed E-state index contributed by atoms with van der Waals surface area (Å²) in [5.74, 6) is -1.90. The molecule has 1 aliphatic rings. The summed E-state index contributed by atoms with van der Waals surface area (Å²) in [5.41, 5.74) is 5.97. The van der Waals surface area contributed by atoms with E-state index in [1.54, 1.807) is 6.07 Å². The van der Waals surface area contributed by atoms with Crippen LogP contribution >= 0.6 is 0 Å². The maximum Gasteiger partial charge on any atom is 0.416 e. The van der Waals surface area contributed by atoms with E-state index in [-0.39, 0.29) is 28.8 Å². The summed E-state index contributed by atoms with van der Waals surface area (Å²) in [4.78, 5) is 17.9. The lowest BCUT2D eigenvalue weighted by Gasteiger charge is -2.25. The number of anilines is 4. The number of nitrogens with two attached hydrogens (primary N) is 1. The molecular formula is C21H19F4N7O. The highest BCUT2D eigenvalue weighted by Gasteiger charge is 2.30. The van der Waals surface area contributed by atoms with Gasteiger partial charge in [-0.2, -0.15) is 18.2 Å². The highest BCUT2D eigenvalue weighted by atomic mass is 19.4. The van der Waals surface area contributed by atoms with Crippen molar-refractivity contribution in [3.63, 3.8) is 0 Å². The number of carbonyl (C=O) groups is 1. The second-order valence-corrected chi connectivity index (χ2v) is 7.61. The average Bonchev–Trinajstić information content (AvgIpc) is 2.74. The third kappa shape index (κ3) is 5.00. The molecule has 12 heteroatoms. The molecule has 1 aromatic heterocycles.